The lowest BCUT2D eigenvalue weighted by atomic mass is 9.97. The van der Waals surface area contributed by atoms with Crippen molar-refractivity contribution in [2.45, 2.75) is 51.4 Å². The van der Waals surface area contributed by atoms with E-state index in [4.69, 9.17) is 14.7 Å². The van der Waals surface area contributed by atoms with Gasteiger partial charge in [-0.25, -0.2) is 4.39 Å². The summed E-state index contributed by atoms with van der Waals surface area (Å²) in [5, 5.41) is 8.71. The standard InChI is InChI=1S/C15H18FNO2/c1-14(2)8-13(15(3,4)19-14)18-12-6-5-10(9-17)7-11(12)16/h5-7,13H,8H2,1-4H3. The van der Waals surface area contributed by atoms with Crippen LogP contribution >= 0.6 is 0 Å². The number of hydrogen-bond acceptors (Lipinski definition) is 3. The number of nitrogens with zero attached hydrogens (tertiary/aromatic N) is 1. The highest BCUT2D eigenvalue weighted by molar-refractivity contribution is 5.36. The van der Waals surface area contributed by atoms with Crippen LogP contribution in [0, 0.1) is 17.1 Å². The molecule has 0 radical (unpaired) electrons. The Kier molecular flexibility index (Phi) is 3.27. The zero-order valence-electron chi connectivity index (χ0n) is 11.7. The van der Waals surface area contributed by atoms with Crippen LogP contribution in [0.4, 0.5) is 4.39 Å². The first-order valence-corrected chi connectivity index (χ1v) is 6.30. The van der Waals surface area contributed by atoms with Crippen LogP contribution < -0.4 is 4.74 Å². The summed E-state index contributed by atoms with van der Waals surface area (Å²) in [4.78, 5) is 0. The van der Waals surface area contributed by atoms with Crippen molar-refractivity contribution in [2.24, 2.45) is 0 Å². The topological polar surface area (TPSA) is 42.2 Å². The lowest BCUT2D eigenvalue weighted by Crippen LogP contribution is -2.36. The quantitative estimate of drug-likeness (QED) is 0.821. The highest BCUT2D eigenvalue weighted by atomic mass is 19.1. The first kappa shape index (κ1) is 13.8. The number of ether oxygens (including phenoxy) is 2. The minimum absolute atomic E-state index is 0.165. The van der Waals surface area contributed by atoms with E-state index in [2.05, 4.69) is 0 Å². The summed E-state index contributed by atoms with van der Waals surface area (Å²) in [7, 11) is 0. The molecule has 102 valence electrons. The minimum Gasteiger partial charge on any atom is -0.484 e. The fourth-order valence-corrected chi connectivity index (χ4v) is 2.51. The summed E-state index contributed by atoms with van der Waals surface area (Å²) in [5.74, 6) is -0.349. The molecule has 0 amide bonds. The monoisotopic (exact) mass is 263 g/mol. The van der Waals surface area contributed by atoms with Gasteiger partial charge >= 0.3 is 0 Å². The number of halogens is 1. The van der Waals surface area contributed by atoms with Crippen LogP contribution in [-0.2, 0) is 4.74 Å². The van der Waals surface area contributed by atoms with Gasteiger partial charge in [-0.2, -0.15) is 5.26 Å². The van der Waals surface area contributed by atoms with Gasteiger partial charge in [0, 0.05) is 6.42 Å². The van der Waals surface area contributed by atoms with Crippen molar-refractivity contribution in [1.29, 1.82) is 5.26 Å². The van der Waals surface area contributed by atoms with Crippen molar-refractivity contribution in [3.8, 4) is 11.8 Å². The van der Waals surface area contributed by atoms with Crippen molar-refractivity contribution in [3.63, 3.8) is 0 Å². The Labute approximate surface area is 112 Å². The molecule has 0 N–H and O–H groups in total. The van der Waals surface area contributed by atoms with Crippen LogP contribution in [0.1, 0.15) is 39.7 Å². The lowest BCUT2D eigenvalue weighted by molar-refractivity contribution is -0.0849. The second kappa shape index (κ2) is 4.50. The van der Waals surface area contributed by atoms with E-state index in [-0.39, 0.29) is 23.0 Å². The number of rotatable bonds is 2. The van der Waals surface area contributed by atoms with Gasteiger partial charge in [0.25, 0.3) is 0 Å². The second-order valence-corrected chi connectivity index (χ2v) is 6.03. The summed E-state index contributed by atoms with van der Waals surface area (Å²) in [6, 6.07) is 6.12. The Morgan fingerprint density at radius 1 is 1.37 bits per heavy atom. The maximum atomic E-state index is 13.8. The molecule has 1 aliphatic heterocycles. The van der Waals surface area contributed by atoms with Crippen molar-refractivity contribution in [1.82, 2.24) is 0 Å². The highest BCUT2D eigenvalue weighted by Crippen LogP contribution is 2.39. The van der Waals surface area contributed by atoms with Gasteiger partial charge in [-0.3, -0.25) is 0 Å². The maximum absolute atomic E-state index is 13.8. The van der Waals surface area contributed by atoms with Crippen LogP contribution in [0.3, 0.4) is 0 Å². The molecule has 0 bridgehead atoms. The average Bonchev–Trinajstić information content (AvgIpc) is 2.49. The molecular formula is C15H18FNO2. The average molecular weight is 263 g/mol. The molecule has 1 saturated heterocycles. The van der Waals surface area contributed by atoms with Crippen molar-refractivity contribution < 1.29 is 13.9 Å². The van der Waals surface area contributed by atoms with Crippen LogP contribution in [-0.4, -0.2) is 17.3 Å². The Balaban J connectivity index is 2.20. The zero-order valence-corrected chi connectivity index (χ0v) is 11.7. The summed E-state index contributed by atoms with van der Waals surface area (Å²) in [5.41, 5.74) is -0.465. The van der Waals surface area contributed by atoms with Crippen molar-refractivity contribution in [2.75, 3.05) is 0 Å². The van der Waals surface area contributed by atoms with Crippen LogP contribution in [0.5, 0.6) is 5.75 Å². The largest absolute Gasteiger partial charge is 0.484 e. The van der Waals surface area contributed by atoms with Gasteiger partial charge in [-0.15, -0.1) is 0 Å². The van der Waals surface area contributed by atoms with Gasteiger partial charge in [0.1, 0.15) is 11.7 Å². The first-order chi connectivity index (χ1) is 8.73. The molecule has 4 heteroatoms. The van der Waals surface area contributed by atoms with Gasteiger partial charge in [0.2, 0.25) is 0 Å². The fraction of sp³-hybridized carbons (Fsp3) is 0.533. The van der Waals surface area contributed by atoms with E-state index < -0.39 is 11.4 Å². The molecule has 1 aliphatic rings. The Hall–Kier alpha value is -1.60. The molecule has 1 unspecified atom stereocenters. The summed E-state index contributed by atoms with van der Waals surface area (Å²) in [6.07, 6.45) is 0.476. The van der Waals surface area contributed by atoms with Crippen molar-refractivity contribution >= 4 is 0 Å². The normalized spacial score (nSPS) is 23.9. The maximum Gasteiger partial charge on any atom is 0.166 e. The van der Waals surface area contributed by atoms with Gasteiger partial charge < -0.3 is 9.47 Å². The molecule has 1 aromatic carbocycles. The van der Waals surface area contributed by atoms with E-state index in [0.717, 1.165) is 0 Å². The number of benzene rings is 1. The summed E-state index contributed by atoms with van der Waals surface area (Å²) in [6.45, 7) is 7.86. The first-order valence-electron chi connectivity index (χ1n) is 6.30. The predicted octanol–water partition coefficient (Wildman–Crippen LogP) is 3.42. The minimum atomic E-state index is -0.514. The van der Waals surface area contributed by atoms with E-state index in [1.54, 1.807) is 6.07 Å². The fourth-order valence-electron chi connectivity index (χ4n) is 2.51. The summed E-state index contributed by atoms with van der Waals surface area (Å²) < 4.78 is 25.5. The van der Waals surface area contributed by atoms with E-state index in [1.807, 2.05) is 33.8 Å². The van der Waals surface area contributed by atoms with Crippen molar-refractivity contribution in [3.05, 3.63) is 29.6 Å². The zero-order chi connectivity index (χ0) is 14.3. The van der Waals surface area contributed by atoms with E-state index in [1.165, 1.54) is 12.1 Å². The third kappa shape index (κ3) is 2.87. The van der Waals surface area contributed by atoms with Gasteiger partial charge in [0.05, 0.1) is 17.2 Å². The molecule has 2 rings (SSSR count). The Morgan fingerprint density at radius 2 is 2.05 bits per heavy atom. The molecule has 3 nitrogen and oxygen atoms in total. The van der Waals surface area contributed by atoms with Gasteiger partial charge in [0.15, 0.2) is 11.6 Å². The number of hydrogen-bond donors (Lipinski definition) is 0. The molecular weight excluding hydrogens is 245 g/mol. The van der Waals surface area contributed by atoms with Gasteiger partial charge in [-0.1, -0.05) is 0 Å². The summed E-state index contributed by atoms with van der Waals surface area (Å²) >= 11 is 0. The molecule has 0 aromatic heterocycles. The smallest absolute Gasteiger partial charge is 0.166 e. The predicted molar refractivity (Wildman–Crippen MR) is 69.4 cm³/mol. The molecule has 19 heavy (non-hydrogen) atoms. The Bertz CT molecular complexity index is 531. The molecule has 1 heterocycles. The van der Waals surface area contributed by atoms with Crippen LogP contribution in [0.25, 0.3) is 0 Å². The molecule has 1 atom stereocenters. The van der Waals surface area contributed by atoms with E-state index in [9.17, 15) is 4.39 Å². The van der Waals surface area contributed by atoms with Crippen LogP contribution in [0.15, 0.2) is 18.2 Å². The van der Waals surface area contributed by atoms with E-state index >= 15 is 0 Å². The second-order valence-electron chi connectivity index (χ2n) is 6.03. The third-order valence-corrected chi connectivity index (χ3v) is 3.32. The lowest BCUT2D eigenvalue weighted by Gasteiger charge is -2.27. The molecule has 1 fully saturated rings. The molecule has 0 spiro atoms. The molecule has 1 aromatic rings. The van der Waals surface area contributed by atoms with Gasteiger partial charge in [-0.05, 0) is 45.9 Å². The van der Waals surface area contributed by atoms with Crippen LogP contribution in [0.2, 0.25) is 0 Å². The SMILES string of the molecule is CC1(C)CC(Oc2ccc(C#N)cc2F)C(C)(C)O1. The highest BCUT2D eigenvalue weighted by Gasteiger charge is 2.47. The number of nitriles is 1. The molecule has 0 saturated carbocycles. The third-order valence-electron chi connectivity index (χ3n) is 3.32. The molecule has 0 aliphatic carbocycles. The van der Waals surface area contributed by atoms with E-state index in [0.29, 0.717) is 6.42 Å². The Morgan fingerprint density at radius 3 is 2.53 bits per heavy atom.